The molecule has 23 heavy (non-hydrogen) atoms. The molecule has 7 nitrogen and oxygen atoms in total. The Morgan fingerprint density at radius 2 is 2.04 bits per heavy atom. The number of hydrazone groups is 1. The fraction of sp³-hybridized carbons (Fsp3) is 0.125. The summed E-state index contributed by atoms with van der Waals surface area (Å²) in [6.45, 7) is 1.31. The number of nitrogens with one attached hydrogen (secondary N) is 1. The van der Waals surface area contributed by atoms with Gasteiger partial charge in [-0.15, -0.1) is 0 Å². The van der Waals surface area contributed by atoms with E-state index in [1.807, 2.05) is 0 Å². The van der Waals surface area contributed by atoms with Crippen LogP contribution in [0.3, 0.4) is 0 Å². The molecule has 1 heterocycles. The summed E-state index contributed by atoms with van der Waals surface area (Å²) in [5.74, 6) is -0.146. The molecular weight excluding hydrogens is 298 g/mol. The van der Waals surface area contributed by atoms with Crippen LogP contribution in [-0.4, -0.2) is 30.2 Å². The summed E-state index contributed by atoms with van der Waals surface area (Å²) in [6, 6.07) is 9.91. The Hall–Kier alpha value is -3.22. The molecule has 0 aliphatic heterocycles. The van der Waals surface area contributed by atoms with Crippen molar-refractivity contribution in [2.24, 2.45) is 5.10 Å². The Labute approximate surface area is 132 Å². The monoisotopic (exact) mass is 313 g/mol. The van der Waals surface area contributed by atoms with Crippen molar-refractivity contribution in [3.05, 3.63) is 53.9 Å². The fourth-order valence-electron chi connectivity index (χ4n) is 1.72. The van der Waals surface area contributed by atoms with Gasteiger partial charge >= 0.3 is 5.97 Å². The average Bonchev–Trinajstić information content (AvgIpc) is 2.56. The minimum atomic E-state index is -0.438. The van der Waals surface area contributed by atoms with Crippen LogP contribution >= 0.6 is 0 Å². The first-order chi connectivity index (χ1) is 11.1. The van der Waals surface area contributed by atoms with Crippen LogP contribution in [0, 0.1) is 0 Å². The lowest BCUT2D eigenvalue weighted by Gasteiger charge is -2.08. The summed E-state index contributed by atoms with van der Waals surface area (Å²) in [5, 5.41) is 3.86. The van der Waals surface area contributed by atoms with Crippen molar-refractivity contribution in [2.45, 2.75) is 6.92 Å². The predicted octanol–water partition coefficient (Wildman–Crippen LogP) is 1.78. The third-order valence-corrected chi connectivity index (χ3v) is 2.72. The molecule has 0 unspecified atom stereocenters. The van der Waals surface area contributed by atoms with E-state index in [0.29, 0.717) is 17.1 Å². The van der Waals surface area contributed by atoms with Gasteiger partial charge in [0.15, 0.2) is 11.5 Å². The minimum absolute atomic E-state index is 0.271. The third-order valence-electron chi connectivity index (χ3n) is 2.72. The van der Waals surface area contributed by atoms with E-state index < -0.39 is 11.9 Å². The number of amides is 1. The van der Waals surface area contributed by atoms with Crippen molar-refractivity contribution in [3.63, 3.8) is 0 Å². The van der Waals surface area contributed by atoms with Crippen LogP contribution in [0.25, 0.3) is 0 Å². The van der Waals surface area contributed by atoms with Crippen molar-refractivity contribution in [1.82, 2.24) is 10.4 Å². The van der Waals surface area contributed by atoms with E-state index >= 15 is 0 Å². The Balaban J connectivity index is 2.05. The number of nitrogens with zero attached hydrogens (tertiary/aromatic N) is 2. The average molecular weight is 313 g/mol. The van der Waals surface area contributed by atoms with E-state index in [0.717, 1.165) is 0 Å². The van der Waals surface area contributed by atoms with Gasteiger partial charge in [-0.25, -0.2) is 5.43 Å². The Morgan fingerprint density at radius 3 is 2.70 bits per heavy atom. The zero-order chi connectivity index (χ0) is 16.7. The number of esters is 1. The van der Waals surface area contributed by atoms with Gasteiger partial charge < -0.3 is 9.47 Å². The molecule has 1 aromatic heterocycles. The van der Waals surface area contributed by atoms with Gasteiger partial charge in [-0.1, -0.05) is 6.07 Å². The van der Waals surface area contributed by atoms with Crippen molar-refractivity contribution in [1.29, 1.82) is 0 Å². The standard InChI is InChI=1S/C16H15N3O4/c1-11(20)23-14-7-6-12(9-15(14)22-2)10-18-19-16(21)13-5-3-4-8-17-13/h3-10H,1-2H3,(H,19,21)/b18-10-. The second-order valence-corrected chi connectivity index (χ2v) is 4.42. The Morgan fingerprint density at radius 1 is 1.22 bits per heavy atom. The molecule has 0 atom stereocenters. The zero-order valence-electron chi connectivity index (χ0n) is 12.6. The third kappa shape index (κ3) is 4.63. The summed E-state index contributed by atoms with van der Waals surface area (Å²) in [7, 11) is 1.46. The van der Waals surface area contributed by atoms with Gasteiger partial charge in [0.2, 0.25) is 0 Å². The molecule has 0 saturated heterocycles. The molecule has 0 spiro atoms. The number of hydrogen-bond donors (Lipinski definition) is 1. The molecule has 0 aliphatic carbocycles. The second kappa shape index (κ2) is 7.69. The maximum Gasteiger partial charge on any atom is 0.308 e. The first-order valence-corrected chi connectivity index (χ1v) is 6.71. The lowest BCUT2D eigenvalue weighted by molar-refractivity contribution is -0.132. The van der Waals surface area contributed by atoms with Crippen LogP contribution in [0.1, 0.15) is 23.0 Å². The van der Waals surface area contributed by atoms with E-state index in [2.05, 4.69) is 15.5 Å². The first kappa shape index (κ1) is 16.2. The summed E-state index contributed by atoms with van der Waals surface area (Å²) in [6.07, 6.45) is 2.97. The summed E-state index contributed by atoms with van der Waals surface area (Å²) < 4.78 is 10.2. The molecule has 2 rings (SSSR count). The van der Waals surface area contributed by atoms with Gasteiger partial charge in [0.1, 0.15) is 5.69 Å². The van der Waals surface area contributed by atoms with Crippen LogP contribution in [0.2, 0.25) is 0 Å². The number of carbonyl (C=O) groups excluding carboxylic acids is 2. The van der Waals surface area contributed by atoms with Crippen LogP contribution in [0.4, 0.5) is 0 Å². The number of ether oxygens (including phenoxy) is 2. The van der Waals surface area contributed by atoms with E-state index in [4.69, 9.17) is 9.47 Å². The largest absolute Gasteiger partial charge is 0.493 e. The van der Waals surface area contributed by atoms with E-state index in [1.165, 1.54) is 26.4 Å². The normalized spacial score (nSPS) is 10.3. The molecule has 0 bridgehead atoms. The van der Waals surface area contributed by atoms with E-state index in [1.54, 1.807) is 36.4 Å². The number of methoxy groups -OCH3 is 1. The highest BCUT2D eigenvalue weighted by Crippen LogP contribution is 2.27. The van der Waals surface area contributed by atoms with Gasteiger partial charge in [0, 0.05) is 13.1 Å². The van der Waals surface area contributed by atoms with Crippen LogP contribution < -0.4 is 14.9 Å². The van der Waals surface area contributed by atoms with Crippen molar-refractivity contribution in [3.8, 4) is 11.5 Å². The molecule has 0 saturated carbocycles. The Kier molecular flexibility index (Phi) is 5.40. The van der Waals surface area contributed by atoms with Crippen LogP contribution in [0.5, 0.6) is 11.5 Å². The molecule has 1 aromatic carbocycles. The lowest BCUT2D eigenvalue weighted by Crippen LogP contribution is -2.18. The number of aromatic nitrogens is 1. The SMILES string of the molecule is COc1cc(/C=N\NC(=O)c2ccccn2)ccc1OC(C)=O. The summed E-state index contributed by atoms with van der Waals surface area (Å²) in [4.78, 5) is 26.7. The highest BCUT2D eigenvalue weighted by atomic mass is 16.6. The number of hydrogen-bond acceptors (Lipinski definition) is 6. The minimum Gasteiger partial charge on any atom is -0.493 e. The molecule has 0 radical (unpaired) electrons. The smallest absolute Gasteiger partial charge is 0.308 e. The van der Waals surface area contributed by atoms with Gasteiger partial charge in [-0.2, -0.15) is 5.10 Å². The first-order valence-electron chi connectivity index (χ1n) is 6.71. The van der Waals surface area contributed by atoms with E-state index in [-0.39, 0.29) is 5.69 Å². The summed E-state index contributed by atoms with van der Waals surface area (Å²) in [5.41, 5.74) is 3.31. The molecule has 7 heteroatoms. The summed E-state index contributed by atoms with van der Waals surface area (Å²) >= 11 is 0. The maximum absolute atomic E-state index is 11.8. The molecule has 0 aliphatic rings. The molecule has 118 valence electrons. The Bertz CT molecular complexity index is 729. The van der Waals surface area contributed by atoms with E-state index in [9.17, 15) is 9.59 Å². The van der Waals surface area contributed by atoms with Gasteiger partial charge in [0.05, 0.1) is 13.3 Å². The maximum atomic E-state index is 11.8. The highest BCUT2D eigenvalue weighted by Gasteiger charge is 2.07. The topological polar surface area (TPSA) is 89.9 Å². The second-order valence-electron chi connectivity index (χ2n) is 4.42. The number of benzene rings is 1. The van der Waals surface area contributed by atoms with Crippen LogP contribution in [0.15, 0.2) is 47.7 Å². The zero-order valence-corrected chi connectivity index (χ0v) is 12.6. The number of rotatable bonds is 5. The quantitative estimate of drug-likeness (QED) is 0.393. The lowest BCUT2D eigenvalue weighted by atomic mass is 10.2. The van der Waals surface area contributed by atoms with Crippen LogP contribution in [-0.2, 0) is 4.79 Å². The highest BCUT2D eigenvalue weighted by molar-refractivity contribution is 5.93. The molecule has 1 amide bonds. The van der Waals surface area contributed by atoms with Crippen molar-refractivity contribution in [2.75, 3.05) is 7.11 Å². The molecule has 1 N–H and O–H groups in total. The molecule has 2 aromatic rings. The molecular formula is C16H15N3O4. The van der Waals surface area contributed by atoms with Crippen molar-refractivity contribution >= 4 is 18.1 Å². The van der Waals surface area contributed by atoms with Gasteiger partial charge in [-0.3, -0.25) is 14.6 Å². The van der Waals surface area contributed by atoms with Gasteiger partial charge in [-0.05, 0) is 35.9 Å². The number of pyridine rings is 1. The van der Waals surface area contributed by atoms with Gasteiger partial charge in [0.25, 0.3) is 5.91 Å². The molecule has 0 fully saturated rings. The predicted molar refractivity (Wildman–Crippen MR) is 83.6 cm³/mol. The number of carbonyl (C=O) groups is 2. The van der Waals surface area contributed by atoms with Crippen molar-refractivity contribution < 1.29 is 19.1 Å². The fourth-order valence-corrected chi connectivity index (χ4v) is 1.72.